The molecule has 0 bridgehead atoms. The second kappa shape index (κ2) is 5.09. The molecule has 2 atom stereocenters. The highest BCUT2D eigenvalue weighted by atomic mass is 16.4. The number of aliphatic carboxylic acids is 1. The lowest BCUT2D eigenvalue weighted by molar-refractivity contribution is -0.139. The minimum absolute atomic E-state index is 0.228. The Kier molecular flexibility index (Phi) is 3.50. The molecule has 0 heterocycles. The third-order valence-electron chi connectivity index (χ3n) is 3.11. The Hall–Kier alpha value is -2.38. The minimum Gasteiger partial charge on any atom is -0.481 e. The fourth-order valence-corrected chi connectivity index (χ4v) is 2.12. The van der Waals surface area contributed by atoms with E-state index < -0.39 is 17.4 Å². The molecule has 4 heteroatoms. The molecule has 3 N–H and O–H groups in total. The first-order chi connectivity index (χ1) is 9.04. The predicted molar refractivity (Wildman–Crippen MR) is 71.8 cm³/mol. The van der Waals surface area contributed by atoms with Crippen molar-refractivity contribution in [3.8, 4) is 6.07 Å². The van der Waals surface area contributed by atoms with Crippen LogP contribution in [0.5, 0.6) is 0 Å². The SMILES string of the molecule is N#CC1(N)C=CC(C(=O)O)C(=Cc2ccccc2)C1. The molecule has 0 aromatic heterocycles. The summed E-state index contributed by atoms with van der Waals surface area (Å²) in [5.74, 6) is -1.65. The van der Waals surface area contributed by atoms with E-state index >= 15 is 0 Å². The number of benzene rings is 1. The number of nitrogens with two attached hydrogens (primary N) is 1. The Morgan fingerprint density at radius 1 is 1.47 bits per heavy atom. The van der Waals surface area contributed by atoms with Crippen molar-refractivity contribution in [2.75, 3.05) is 0 Å². The van der Waals surface area contributed by atoms with Crippen LogP contribution in [0.15, 0.2) is 48.1 Å². The lowest BCUT2D eigenvalue weighted by Crippen LogP contribution is -2.40. The molecule has 1 aliphatic carbocycles. The van der Waals surface area contributed by atoms with E-state index in [1.54, 1.807) is 6.08 Å². The van der Waals surface area contributed by atoms with Gasteiger partial charge in [0.15, 0.2) is 0 Å². The second-order valence-electron chi connectivity index (χ2n) is 4.63. The van der Waals surface area contributed by atoms with Crippen LogP contribution >= 0.6 is 0 Å². The van der Waals surface area contributed by atoms with E-state index in [0.717, 1.165) is 5.56 Å². The van der Waals surface area contributed by atoms with Gasteiger partial charge < -0.3 is 10.8 Å². The van der Waals surface area contributed by atoms with E-state index in [1.807, 2.05) is 36.4 Å². The third kappa shape index (κ3) is 2.90. The minimum atomic E-state index is -1.12. The van der Waals surface area contributed by atoms with Crippen molar-refractivity contribution < 1.29 is 9.90 Å². The molecule has 96 valence electrons. The number of nitriles is 1. The van der Waals surface area contributed by atoms with Crippen LogP contribution in [-0.4, -0.2) is 16.6 Å². The van der Waals surface area contributed by atoms with E-state index in [2.05, 4.69) is 0 Å². The summed E-state index contributed by atoms with van der Waals surface area (Å²) in [6.07, 6.45) is 4.99. The Balaban J connectivity index is 2.41. The van der Waals surface area contributed by atoms with Crippen LogP contribution in [0.2, 0.25) is 0 Å². The number of rotatable bonds is 2. The molecule has 0 amide bonds. The monoisotopic (exact) mass is 254 g/mol. The Bertz CT molecular complexity index is 584. The summed E-state index contributed by atoms with van der Waals surface area (Å²) >= 11 is 0. The van der Waals surface area contributed by atoms with Gasteiger partial charge in [0.05, 0.1) is 12.0 Å². The zero-order valence-electron chi connectivity index (χ0n) is 10.3. The van der Waals surface area contributed by atoms with Crippen LogP contribution in [-0.2, 0) is 4.79 Å². The summed E-state index contributed by atoms with van der Waals surface area (Å²) in [7, 11) is 0. The van der Waals surface area contributed by atoms with Crippen LogP contribution < -0.4 is 5.73 Å². The van der Waals surface area contributed by atoms with Crippen molar-refractivity contribution in [1.82, 2.24) is 0 Å². The molecule has 0 fully saturated rings. The summed E-state index contributed by atoms with van der Waals surface area (Å²) in [6.45, 7) is 0. The van der Waals surface area contributed by atoms with Gasteiger partial charge in [0, 0.05) is 6.42 Å². The number of nitrogens with zero attached hydrogens (tertiary/aromatic N) is 1. The average molecular weight is 254 g/mol. The lowest BCUT2D eigenvalue weighted by Gasteiger charge is -2.27. The molecule has 2 unspecified atom stereocenters. The largest absolute Gasteiger partial charge is 0.481 e. The molecule has 0 aliphatic heterocycles. The zero-order valence-corrected chi connectivity index (χ0v) is 10.3. The summed E-state index contributed by atoms with van der Waals surface area (Å²) < 4.78 is 0. The van der Waals surface area contributed by atoms with Crippen LogP contribution in [0, 0.1) is 17.2 Å². The number of carboxylic acid groups (broad SMARTS) is 1. The smallest absolute Gasteiger partial charge is 0.314 e. The zero-order chi connectivity index (χ0) is 13.9. The molecule has 1 aromatic carbocycles. The second-order valence-corrected chi connectivity index (χ2v) is 4.63. The van der Waals surface area contributed by atoms with Crippen LogP contribution in [0.25, 0.3) is 6.08 Å². The summed E-state index contributed by atoms with van der Waals surface area (Å²) in [5, 5.41) is 18.3. The van der Waals surface area contributed by atoms with Crippen molar-refractivity contribution in [2.45, 2.75) is 12.0 Å². The Labute approximate surface area is 111 Å². The molecule has 0 radical (unpaired) electrons. The van der Waals surface area contributed by atoms with E-state index in [-0.39, 0.29) is 6.42 Å². The molecular formula is C15H14N2O2. The van der Waals surface area contributed by atoms with Gasteiger partial charge in [-0.25, -0.2) is 0 Å². The highest BCUT2D eigenvalue weighted by Gasteiger charge is 2.33. The predicted octanol–water partition coefficient (Wildman–Crippen LogP) is 1.95. The maximum atomic E-state index is 11.2. The van der Waals surface area contributed by atoms with Gasteiger partial charge in [0.1, 0.15) is 5.54 Å². The number of hydrogen-bond donors (Lipinski definition) is 2. The molecule has 4 nitrogen and oxygen atoms in total. The quantitative estimate of drug-likeness (QED) is 0.790. The van der Waals surface area contributed by atoms with Crippen molar-refractivity contribution in [2.24, 2.45) is 11.7 Å². The molecular weight excluding hydrogens is 240 g/mol. The van der Waals surface area contributed by atoms with Crippen molar-refractivity contribution in [3.05, 3.63) is 53.6 Å². The van der Waals surface area contributed by atoms with Crippen LogP contribution in [0.4, 0.5) is 0 Å². The van der Waals surface area contributed by atoms with Gasteiger partial charge in [0.25, 0.3) is 0 Å². The maximum Gasteiger partial charge on any atom is 0.314 e. The fraction of sp³-hybridized carbons (Fsp3) is 0.200. The van der Waals surface area contributed by atoms with Crippen molar-refractivity contribution in [3.63, 3.8) is 0 Å². The molecule has 19 heavy (non-hydrogen) atoms. The van der Waals surface area contributed by atoms with E-state index in [9.17, 15) is 9.90 Å². The molecule has 0 saturated carbocycles. The average Bonchev–Trinajstić information content (AvgIpc) is 2.40. The summed E-state index contributed by atoms with van der Waals surface area (Å²) in [5.41, 5.74) is 6.31. The van der Waals surface area contributed by atoms with Gasteiger partial charge in [-0.15, -0.1) is 0 Å². The number of hydrogen-bond acceptors (Lipinski definition) is 3. The molecule has 1 aromatic rings. The van der Waals surface area contributed by atoms with Crippen LogP contribution in [0.1, 0.15) is 12.0 Å². The fourth-order valence-electron chi connectivity index (χ4n) is 2.12. The standard InChI is InChI=1S/C15H14N2O2/c16-10-15(17)7-6-13(14(18)19)12(9-15)8-11-4-2-1-3-5-11/h1-8,13H,9,17H2,(H,18,19). The van der Waals surface area contributed by atoms with E-state index in [4.69, 9.17) is 11.0 Å². The van der Waals surface area contributed by atoms with Gasteiger partial charge in [-0.1, -0.05) is 48.6 Å². The maximum absolute atomic E-state index is 11.2. The molecule has 2 rings (SSSR count). The Morgan fingerprint density at radius 3 is 2.74 bits per heavy atom. The number of carbonyl (C=O) groups is 1. The highest BCUT2D eigenvalue weighted by molar-refractivity contribution is 5.79. The first-order valence-corrected chi connectivity index (χ1v) is 5.92. The highest BCUT2D eigenvalue weighted by Crippen LogP contribution is 2.30. The van der Waals surface area contributed by atoms with E-state index in [1.165, 1.54) is 12.2 Å². The van der Waals surface area contributed by atoms with Crippen LogP contribution in [0.3, 0.4) is 0 Å². The topological polar surface area (TPSA) is 87.1 Å². The van der Waals surface area contributed by atoms with Gasteiger partial charge in [0.2, 0.25) is 0 Å². The van der Waals surface area contributed by atoms with E-state index in [0.29, 0.717) is 5.57 Å². The van der Waals surface area contributed by atoms with Crippen molar-refractivity contribution in [1.29, 1.82) is 5.26 Å². The lowest BCUT2D eigenvalue weighted by atomic mass is 9.79. The molecule has 0 spiro atoms. The van der Waals surface area contributed by atoms with Gasteiger partial charge >= 0.3 is 5.97 Å². The summed E-state index contributed by atoms with van der Waals surface area (Å²) in [6, 6.07) is 11.4. The Morgan fingerprint density at radius 2 is 2.16 bits per heavy atom. The normalized spacial score (nSPS) is 28.0. The van der Waals surface area contributed by atoms with Gasteiger partial charge in [-0.05, 0) is 11.1 Å². The molecule has 1 aliphatic rings. The van der Waals surface area contributed by atoms with Crippen molar-refractivity contribution >= 4 is 12.0 Å². The molecule has 0 saturated heterocycles. The first-order valence-electron chi connectivity index (χ1n) is 5.92. The third-order valence-corrected chi connectivity index (χ3v) is 3.11. The summed E-state index contributed by atoms with van der Waals surface area (Å²) in [4.78, 5) is 11.2. The van der Waals surface area contributed by atoms with Gasteiger partial charge in [-0.2, -0.15) is 5.26 Å². The number of carboxylic acids is 1. The first kappa shape index (κ1) is 13.1. The van der Waals surface area contributed by atoms with Gasteiger partial charge in [-0.3, -0.25) is 4.79 Å².